The molecule has 1 aliphatic heterocycles. The fraction of sp³-hybridized carbons (Fsp3) is 0.704. The Morgan fingerprint density at radius 3 is 1.97 bits per heavy atom. The third-order valence-corrected chi connectivity index (χ3v) is 12.4. The zero-order valence-electron chi connectivity index (χ0n) is 21.3. The van der Waals surface area contributed by atoms with Gasteiger partial charge in [-0.05, 0) is 87.0 Å². The summed E-state index contributed by atoms with van der Waals surface area (Å²) in [6.45, 7) is 14.6. The number of hydrogen-bond donors (Lipinski definition) is 0. The fourth-order valence-corrected chi connectivity index (χ4v) is 5.54. The molecular weight excluding hydrogens is 430 g/mol. The lowest BCUT2D eigenvalue weighted by Crippen LogP contribution is -2.42. The summed E-state index contributed by atoms with van der Waals surface area (Å²) in [7, 11) is -1.64. The van der Waals surface area contributed by atoms with E-state index in [0.717, 1.165) is 39.1 Å². The fourth-order valence-electron chi connectivity index (χ4n) is 4.45. The molecular formula is C27H43NO4Si. The maximum absolute atomic E-state index is 12.4. The van der Waals surface area contributed by atoms with Crippen LogP contribution in [0.15, 0.2) is 24.3 Å². The normalized spacial score (nSPS) is 21.5. The molecule has 1 aromatic rings. The number of imide groups is 1. The third kappa shape index (κ3) is 6.77. The molecule has 184 valence electrons. The Hall–Kier alpha value is -1.50. The highest BCUT2D eigenvalue weighted by Crippen LogP contribution is 2.38. The van der Waals surface area contributed by atoms with E-state index in [-0.39, 0.29) is 16.9 Å². The van der Waals surface area contributed by atoms with Crippen molar-refractivity contribution in [3.05, 3.63) is 35.4 Å². The highest BCUT2D eigenvalue weighted by Gasteiger charge is 2.38. The molecule has 0 bridgehead atoms. The Morgan fingerprint density at radius 1 is 0.879 bits per heavy atom. The standard InChI is InChI=1S/C27H43NO4Si/c1-27(2,3)33(4,5)32-20-22-15-13-21(14-16-22)19-31-18-10-6-9-17-28-25(29)23-11-7-8-12-24(23)26(28)30/h7-8,11-12,21-22H,6,9-10,13-20H2,1-5H3. The van der Waals surface area contributed by atoms with Gasteiger partial charge in [0.1, 0.15) is 0 Å². The number of carbonyl (C=O) groups excluding carboxylic acids is 2. The summed E-state index contributed by atoms with van der Waals surface area (Å²) in [4.78, 5) is 26.1. The van der Waals surface area contributed by atoms with Gasteiger partial charge in [-0.25, -0.2) is 0 Å². The molecule has 0 spiro atoms. The largest absolute Gasteiger partial charge is 0.417 e. The summed E-state index contributed by atoms with van der Waals surface area (Å²) in [6, 6.07) is 7.08. The molecule has 1 saturated carbocycles. The van der Waals surface area contributed by atoms with Gasteiger partial charge < -0.3 is 9.16 Å². The molecule has 3 rings (SSSR count). The van der Waals surface area contributed by atoms with Crippen LogP contribution in [0.1, 0.15) is 86.4 Å². The Labute approximate surface area is 201 Å². The van der Waals surface area contributed by atoms with Crippen molar-refractivity contribution in [1.29, 1.82) is 0 Å². The molecule has 2 amide bonds. The van der Waals surface area contributed by atoms with Gasteiger partial charge in [-0.1, -0.05) is 32.9 Å². The zero-order chi connectivity index (χ0) is 24.1. The van der Waals surface area contributed by atoms with E-state index >= 15 is 0 Å². The Bertz CT molecular complexity index is 774. The number of carbonyl (C=O) groups is 2. The second-order valence-corrected chi connectivity index (χ2v) is 16.2. The van der Waals surface area contributed by atoms with Gasteiger partial charge in [0.2, 0.25) is 0 Å². The Morgan fingerprint density at radius 2 is 1.42 bits per heavy atom. The lowest BCUT2D eigenvalue weighted by Gasteiger charge is -2.38. The van der Waals surface area contributed by atoms with Gasteiger partial charge in [0, 0.05) is 26.4 Å². The smallest absolute Gasteiger partial charge is 0.261 e. The van der Waals surface area contributed by atoms with Gasteiger partial charge in [0.15, 0.2) is 8.32 Å². The number of nitrogens with zero attached hydrogens (tertiary/aromatic N) is 1. The van der Waals surface area contributed by atoms with Crippen LogP contribution in [0.25, 0.3) is 0 Å². The van der Waals surface area contributed by atoms with Gasteiger partial charge >= 0.3 is 0 Å². The van der Waals surface area contributed by atoms with Crippen LogP contribution in [-0.4, -0.2) is 51.4 Å². The van der Waals surface area contributed by atoms with Crippen molar-refractivity contribution in [2.45, 2.75) is 83.8 Å². The molecule has 2 aliphatic rings. The number of benzene rings is 1. The molecule has 0 unspecified atom stereocenters. The number of amides is 2. The predicted octanol–water partition coefficient (Wildman–Crippen LogP) is 6.30. The first-order valence-corrected chi connectivity index (χ1v) is 15.7. The number of fused-ring (bicyclic) bond motifs is 1. The highest BCUT2D eigenvalue weighted by atomic mass is 28.4. The minimum atomic E-state index is -1.64. The van der Waals surface area contributed by atoms with Crippen molar-refractivity contribution in [2.24, 2.45) is 11.8 Å². The molecule has 5 nitrogen and oxygen atoms in total. The van der Waals surface area contributed by atoms with Gasteiger partial charge in [0.25, 0.3) is 11.8 Å². The molecule has 0 N–H and O–H groups in total. The maximum atomic E-state index is 12.4. The van der Waals surface area contributed by atoms with Crippen LogP contribution in [0.3, 0.4) is 0 Å². The van der Waals surface area contributed by atoms with Crippen molar-refractivity contribution in [3.8, 4) is 0 Å². The summed E-state index contributed by atoms with van der Waals surface area (Å²) in [5, 5.41) is 0.280. The lowest BCUT2D eigenvalue weighted by molar-refractivity contribution is 0.0633. The molecule has 0 atom stereocenters. The van der Waals surface area contributed by atoms with Crippen LogP contribution in [0.5, 0.6) is 0 Å². The molecule has 1 fully saturated rings. The monoisotopic (exact) mass is 473 g/mol. The number of hydrogen-bond acceptors (Lipinski definition) is 4. The Balaban J connectivity index is 1.22. The van der Waals surface area contributed by atoms with Crippen molar-refractivity contribution in [1.82, 2.24) is 4.90 Å². The number of rotatable bonds is 11. The first-order valence-electron chi connectivity index (χ1n) is 12.8. The molecule has 0 saturated heterocycles. The van der Waals surface area contributed by atoms with Crippen LogP contribution < -0.4 is 0 Å². The summed E-state index contributed by atoms with van der Waals surface area (Å²) in [5.41, 5.74) is 1.07. The lowest BCUT2D eigenvalue weighted by atomic mass is 9.83. The maximum Gasteiger partial charge on any atom is 0.261 e. The van der Waals surface area contributed by atoms with E-state index in [9.17, 15) is 9.59 Å². The van der Waals surface area contributed by atoms with Gasteiger partial charge in [0.05, 0.1) is 11.1 Å². The average molecular weight is 474 g/mol. The SMILES string of the molecule is CC(C)(C)[Si](C)(C)OCC1CCC(COCCCCCN2C(=O)c3ccccc3C2=O)CC1. The molecule has 1 aliphatic carbocycles. The van der Waals surface area contributed by atoms with Crippen LogP contribution in [-0.2, 0) is 9.16 Å². The van der Waals surface area contributed by atoms with E-state index in [1.165, 1.54) is 30.6 Å². The van der Waals surface area contributed by atoms with Crippen LogP contribution in [0.4, 0.5) is 0 Å². The number of ether oxygens (including phenoxy) is 1. The minimum Gasteiger partial charge on any atom is -0.417 e. The van der Waals surface area contributed by atoms with E-state index in [2.05, 4.69) is 33.9 Å². The van der Waals surface area contributed by atoms with E-state index in [1.54, 1.807) is 24.3 Å². The molecule has 1 heterocycles. The second-order valence-electron chi connectivity index (χ2n) is 11.4. The molecule has 1 aromatic carbocycles. The van der Waals surface area contributed by atoms with E-state index in [0.29, 0.717) is 29.5 Å². The molecule has 0 aromatic heterocycles. The third-order valence-electron chi connectivity index (χ3n) is 7.85. The summed E-state index contributed by atoms with van der Waals surface area (Å²) >= 11 is 0. The van der Waals surface area contributed by atoms with Crippen LogP contribution in [0.2, 0.25) is 18.1 Å². The summed E-state index contributed by atoms with van der Waals surface area (Å²) in [6.07, 6.45) is 7.75. The average Bonchev–Trinajstić information content (AvgIpc) is 3.02. The van der Waals surface area contributed by atoms with Crippen molar-refractivity contribution in [2.75, 3.05) is 26.4 Å². The van der Waals surface area contributed by atoms with Crippen LogP contribution in [0, 0.1) is 11.8 Å². The predicted molar refractivity (Wildman–Crippen MR) is 135 cm³/mol. The van der Waals surface area contributed by atoms with E-state index < -0.39 is 8.32 Å². The topological polar surface area (TPSA) is 55.8 Å². The van der Waals surface area contributed by atoms with Crippen LogP contribution >= 0.6 is 0 Å². The zero-order valence-corrected chi connectivity index (χ0v) is 22.3. The van der Waals surface area contributed by atoms with Gasteiger partial charge in [-0.2, -0.15) is 0 Å². The van der Waals surface area contributed by atoms with Gasteiger partial charge in [-0.3, -0.25) is 14.5 Å². The first kappa shape index (κ1) is 26.1. The quantitative estimate of drug-likeness (QED) is 0.215. The molecule has 33 heavy (non-hydrogen) atoms. The van der Waals surface area contributed by atoms with Crippen molar-refractivity contribution < 1.29 is 18.8 Å². The van der Waals surface area contributed by atoms with E-state index in [1.807, 2.05) is 0 Å². The first-order chi connectivity index (χ1) is 15.6. The van der Waals surface area contributed by atoms with Gasteiger partial charge in [-0.15, -0.1) is 0 Å². The summed E-state index contributed by atoms with van der Waals surface area (Å²) < 4.78 is 12.4. The number of unbranched alkanes of at least 4 members (excludes halogenated alkanes) is 2. The molecule has 0 radical (unpaired) electrons. The second kappa shape index (κ2) is 11.3. The molecule has 6 heteroatoms. The minimum absolute atomic E-state index is 0.155. The summed E-state index contributed by atoms with van der Waals surface area (Å²) in [5.74, 6) is 1.07. The van der Waals surface area contributed by atoms with E-state index in [4.69, 9.17) is 9.16 Å². The Kier molecular flexibility index (Phi) is 8.93. The van der Waals surface area contributed by atoms with Crippen molar-refractivity contribution >= 4 is 20.1 Å². The van der Waals surface area contributed by atoms with Crippen molar-refractivity contribution in [3.63, 3.8) is 0 Å². The highest BCUT2D eigenvalue weighted by molar-refractivity contribution is 6.74.